The number of rotatable bonds is 7. The fourth-order valence-electron chi connectivity index (χ4n) is 3.79. The van der Waals surface area contributed by atoms with Gasteiger partial charge < -0.3 is 14.8 Å². The van der Waals surface area contributed by atoms with E-state index >= 15 is 0 Å². The molecule has 2 heterocycles. The monoisotopic (exact) mass is 402 g/mol. The highest BCUT2D eigenvalue weighted by Gasteiger charge is 2.34. The molecule has 154 valence electrons. The van der Waals surface area contributed by atoms with E-state index in [-0.39, 0.29) is 24.2 Å². The third kappa shape index (κ3) is 4.59. The summed E-state index contributed by atoms with van der Waals surface area (Å²) in [6.45, 7) is 3.69. The highest BCUT2D eigenvalue weighted by Crippen LogP contribution is 2.25. The van der Waals surface area contributed by atoms with Gasteiger partial charge >= 0.3 is 0 Å². The fourth-order valence-corrected chi connectivity index (χ4v) is 3.79. The summed E-state index contributed by atoms with van der Waals surface area (Å²) in [7, 11) is 0. The van der Waals surface area contributed by atoms with Gasteiger partial charge in [0.25, 0.3) is 0 Å². The van der Waals surface area contributed by atoms with E-state index < -0.39 is 0 Å². The molecule has 1 N–H and O–H groups in total. The van der Waals surface area contributed by atoms with Crippen LogP contribution in [-0.2, 0) is 22.6 Å². The second kappa shape index (κ2) is 8.95. The van der Waals surface area contributed by atoms with Crippen molar-refractivity contribution >= 4 is 17.5 Å². The Balaban J connectivity index is 1.29. The number of aryl methyl sites for hydroxylation is 1. The molecule has 2 aromatic carbocycles. The number of amides is 2. The lowest BCUT2D eigenvalue weighted by Crippen LogP contribution is -2.34. The van der Waals surface area contributed by atoms with E-state index in [9.17, 15) is 9.59 Å². The van der Waals surface area contributed by atoms with Gasteiger partial charge in [0.1, 0.15) is 5.82 Å². The van der Waals surface area contributed by atoms with Gasteiger partial charge in [0.15, 0.2) is 0 Å². The summed E-state index contributed by atoms with van der Waals surface area (Å²) in [5.41, 5.74) is 3.20. The van der Waals surface area contributed by atoms with E-state index in [1.807, 2.05) is 55.6 Å². The third-order valence-corrected chi connectivity index (χ3v) is 5.49. The molecule has 0 aliphatic carbocycles. The quantitative estimate of drug-likeness (QED) is 0.661. The zero-order valence-electron chi connectivity index (χ0n) is 17.1. The molecule has 0 radical (unpaired) electrons. The minimum Gasteiger partial charge on any atom is -0.355 e. The van der Waals surface area contributed by atoms with Crippen molar-refractivity contribution in [1.82, 2.24) is 14.9 Å². The lowest BCUT2D eigenvalue weighted by Gasteiger charge is -2.17. The average Bonchev–Trinajstić information content (AvgIpc) is 3.36. The highest BCUT2D eigenvalue weighted by molar-refractivity contribution is 6.00. The van der Waals surface area contributed by atoms with Crippen molar-refractivity contribution in [2.75, 3.05) is 18.0 Å². The predicted octanol–water partition coefficient (Wildman–Crippen LogP) is 2.95. The summed E-state index contributed by atoms with van der Waals surface area (Å²) in [5.74, 6) is 0.544. The van der Waals surface area contributed by atoms with Crippen LogP contribution < -0.4 is 10.2 Å². The highest BCUT2D eigenvalue weighted by atomic mass is 16.2. The molecule has 0 bridgehead atoms. The van der Waals surface area contributed by atoms with E-state index in [1.54, 1.807) is 11.1 Å². The Morgan fingerprint density at radius 1 is 1.13 bits per heavy atom. The second-order valence-electron chi connectivity index (χ2n) is 7.74. The van der Waals surface area contributed by atoms with Gasteiger partial charge in [0.05, 0.1) is 5.92 Å². The summed E-state index contributed by atoms with van der Waals surface area (Å²) in [6.07, 6.45) is 4.64. The molecule has 0 saturated carbocycles. The van der Waals surface area contributed by atoms with Gasteiger partial charge in [-0.15, -0.1) is 0 Å². The maximum absolute atomic E-state index is 12.6. The van der Waals surface area contributed by atoms with Gasteiger partial charge in [-0.2, -0.15) is 0 Å². The second-order valence-corrected chi connectivity index (χ2v) is 7.74. The van der Waals surface area contributed by atoms with Gasteiger partial charge in [0, 0.05) is 50.6 Å². The van der Waals surface area contributed by atoms with Gasteiger partial charge in [-0.3, -0.25) is 9.59 Å². The number of aromatic nitrogens is 2. The summed E-state index contributed by atoms with van der Waals surface area (Å²) in [4.78, 5) is 31.1. The molecule has 0 spiro atoms. The number of carbonyl (C=O) groups excluding carboxylic acids is 2. The van der Waals surface area contributed by atoms with Crippen molar-refractivity contribution in [2.24, 2.45) is 5.92 Å². The number of nitrogens with zero attached hydrogens (tertiary/aromatic N) is 3. The number of hydrogen-bond acceptors (Lipinski definition) is 3. The van der Waals surface area contributed by atoms with Gasteiger partial charge in [-0.05, 0) is 24.6 Å². The zero-order chi connectivity index (χ0) is 20.9. The van der Waals surface area contributed by atoms with E-state index in [0.29, 0.717) is 19.5 Å². The van der Waals surface area contributed by atoms with Crippen LogP contribution >= 0.6 is 0 Å². The summed E-state index contributed by atoms with van der Waals surface area (Å²) < 4.78 is 2.10. The minimum absolute atomic E-state index is 0.00240. The number of benzene rings is 2. The Hall–Kier alpha value is -3.41. The van der Waals surface area contributed by atoms with Crippen LogP contribution in [0.5, 0.6) is 0 Å². The van der Waals surface area contributed by atoms with Crippen LogP contribution in [-0.4, -0.2) is 34.5 Å². The van der Waals surface area contributed by atoms with E-state index in [2.05, 4.69) is 27.0 Å². The number of anilines is 1. The average molecular weight is 402 g/mol. The number of carbonyl (C=O) groups is 2. The van der Waals surface area contributed by atoms with Gasteiger partial charge in [0.2, 0.25) is 11.8 Å². The molecule has 1 atom stereocenters. The Morgan fingerprint density at radius 3 is 2.67 bits per heavy atom. The molecule has 4 rings (SSSR count). The van der Waals surface area contributed by atoms with Crippen LogP contribution in [0.4, 0.5) is 5.69 Å². The van der Waals surface area contributed by atoms with Crippen molar-refractivity contribution < 1.29 is 9.59 Å². The first kappa shape index (κ1) is 19.9. The molecule has 1 saturated heterocycles. The van der Waals surface area contributed by atoms with Crippen LogP contribution in [0.2, 0.25) is 0 Å². The Labute approximate surface area is 176 Å². The summed E-state index contributed by atoms with van der Waals surface area (Å²) in [5, 5.41) is 2.98. The van der Waals surface area contributed by atoms with Crippen LogP contribution in [0.15, 0.2) is 67.0 Å². The van der Waals surface area contributed by atoms with Crippen LogP contribution in [0, 0.1) is 12.8 Å². The smallest absolute Gasteiger partial charge is 0.227 e. The van der Waals surface area contributed by atoms with Gasteiger partial charge in [-0.1, -0.05) is 48.0 Å². The number of nitrogens with one attached hydrogen (secondary N) is 1. The van der Waals surface area contributed by atoms with Crippen LogP contribution in [0.25, 0.3) is 0 Å². The Bertz CT molecular complexity index is 1010. The van der Waals surface area contributed by atoms with Gasteiger partial charge in [-0.25, -0.2) is 4.98 Å². The summed E-state index contributed by atoms with van der Waals surface area (Å²) in [6, 6.07) is 18.0. The van der Waals surface area contributed by atoms with E-state index in [4.69, 9.17) is 0 Å². The van der Waals surface area contributed by atoms with Crippen molar-refractivity contribution in [3.63, 3.8) is 0 Å². The topological polar surface area (TPSA) is 67.2 Å². The molecule has 1 fully saturated rings. The number of hydrogen-bond donors (Lipinski definition) is 1. The molecule has 1 unspecified atom stereocenters. The third-order valence-electron chi connectivity index (χ3n) is 5.49. The maximum Gasteiger partial charge on any atom is 0.227 e. The SMILES string of the molecule is Cc1ccc(N2CC(C(=O)NCCc3nccn3Cc3ccccc3)CC2=O)cc1. The van der Waals surface area contributed by atoms with E-state index in [0.717, 1.165) is 23.6 Å². The molecule has 6 nitrogen and oxygen atoms in total. The lowest BCUT2D eigenvalue weighted by atomic mass is 10.1. The zero-order valence-corrected chi connectivity index (χ0v) is 17.1. The van der Waals surface area contributed by atoms with Crippen molar-refractivity contribution in [1.29, 1.82) is 0 Å². The molecule has 1 aromatic heterocycles. The minimum atomic E-state index is -0.317. The first-order valence-electron chi connectivity index (χ1n) is 10.3. The van der Waals surface area contributed by atoms with Crippen LogP contribution in [0.3, 0.4) is 0 Å². The Morgan fingerprint density at radius 2 is 1.90 bits per heavy atom. The lowest BCUT2D eigenvalue weighted by molar-refractivity contribution is -0.126. The fraction of sp³-hybridized carbons (Fsp3) is 0.292. The number of imidazole rings is 1. The van der Waals surface area contributed by atoms with E-state index in [1.165, 1.54) is 5.56 Å². The molecule has 1 aliphatic rings. The van der Waals surface area contributed by atoms with Crippen LogP contribution in [0.1, 0.15) is 23.4 Å². The first-order valence-corrected chi connectivity index (χ1v) is 10.3. The molecular formula is C24H26N4O2. The molecular weight excluding hydrogens is 376 g/mol. The largest absolute Gasteiger partial charge is 0.355 e. The molecule has 2 amide bonds. The Kier molecular flexibility index (Phi) is 5.93. The normalized spacial score (nSPS) is 16.1. The molecule has 6 heteroatoms. The first-order chi connectivity index (χ1) is 14.6. The summed E-state index contributed by atoms with van der Waals surface area (Å²) >= 11 is 0. The van der Waals surface area contributed by atoms with Crippen molar-refractivity contribution in [3.05, 3.63) is 83.9 Å². The molecule has 3 aromatic rings. The van der Waals surface area contributed by atoms with Crippen molar-refractivity contribution in [2.45, 2.75) is 26.3 Å². The maximum atomic E-state index is 12.6. The van der Waals surface area contributed by atoms with Crippen molar-refractivity contribution in [3.8, 4) is 0 Å². The molecule has 1 aliphatic heterocycles. The molecule has 30 heavy (non-hydrogen) atoms. The standard InChI is InChI=1S/C24H26N4O2/c1-18-7-9-21(10-8-18)28-17-20(15-23(28)29)24(30)26-12-11-22-25-13-14-27(22)16-19-5-3-2-4-6-19/h2-10,13-14,20H,11-12,15-17H2,1H3,(H,26,30). The predicted molar refractivity (Wildman–Crippen MR) is 116 cm³/mol.